The Bertz CT molecular complexity index is 1120. The fraction of sp³-hybridized carbons (Fsp3) is 0. The van der Waals surface area contributed by atoms with E-state index in [1.807, 2.05) is 24.3 Å². The summed E-state index contributed by atoms with van der Waals surface area (Å²) in [5, 5.41) is 1.25. The van der Waals surface area contributed by atoms with E-state index in [2.05, 4.69) is 58.1 Å². The van der Waals surface area contributed by atoms with Crippen molar-refractivity contribution in [3.8, 4) is 16.4 Å². The summed E-state index contributed by atoms with van der Waals surface area (Å²) >= 11 is 1.76. The number of fused-ring (bicyclic) bond motifs is 2. The highest BCUT2D eigenvalue weighted by molar-refractivity contribution is 7.22. The van der Waals surface area contributed by atoms with Gasteiger partial charge in [-0.3, -0.25) is 4.57 Å². The maximum atomic E-state index is 4.82. The van der Waals surface area contributed by atoms with Crippen molar-refractivity contribution >= 4 is 32.6 Å². The van der Waals surface area contributed by atoms with E-state index in [9.17, 15) is 0 Å². The van der Waals surface area contributed by atoms with E-state index in [1.54, 1.807) is 17.5 Å². The van der Waals surface area contributed by atoms with Crippen molar-refractivity contribution < 1.29 is 0 Å². The van der Waals surface area contributed by atoms with Crippen molar-refractivity contribution in [2.75, 3.05) is 0 Å². The predicted molar refractivity (Wildman–Crippen MR) is 99.7 cm³/mol. The molecule has 0 amide bonds. The van der Waals surface area contributed by atoms with Crippen LogP contribution in [0.2, 0.25) is 0 Å². The van der Waals surface area contributed by atoms with E-state index in [4.69, 9.17) is 4.98 Å². The Morgan fingerprint density at radius 3 is 2.54 bits per heavy atom. The van der Waals surface area contributed by atoms with Gasteiger partial charge in [0.05, 0.1) is 10.4 Å². The second kappa shape index (κ2) is 5.28. The number of aromatic nitrogens is 3. The SMILES string of the molecule is c1ccc(-n2c(-c3cc4ccccc4s3)nc3ncccc32)cc1. The minimum Gasteiger partial charge on any atom is -0.290 e. The fourth-order valence-corrected chi connectivity index (χ4v) is 4.05. The number of hydrogen-bond acceptors (Lipinski definition) is 3. The molecular formula is C20H13N3S. The molecule has 0 fully saturated rings. The Labute approximate surface area is 142 Å². The molecule has 0 aliphatic rings. The van der Waals surface area contributed by atoms with Gasteiger partial charge in [-0.05, 0) is 41.8 Å². The zero-order chi connectivity index (χ0) is 15.9. The maximum Gasteiger partial charge on any atom is 0.178 e. The number of pyridine rings is 1. The molecule has 3 heterocycles. The molecule has 0 aliphatic heterocycles. The highest BCUT2D eigenvalue weighted by atomic mass is 32.1. The number of thiophene rings is 1. The minimum atomic E-state index is 0.772. The topological polar surface area (TPSA) is 30.7 Å². The first kappa shape index (κ1) is 13.5. The van der Waals surface area contributed by atoms with Crippen molar-refractivity contribution in [3.05, 3.63) is 79.0 Å². The standard InChI is InChI=1S/C20H13N3S/c1-2-8-15(9-3-1)23-16-10-6-12-21-19(16)22-20(23)18-13-14-7-4-5-11-17(14)24-18/h1-13H. The Morgan fingerprint density at radius 1 is 0.833 bits per heavy atom. The number of nitrogens with zero attached hydrogens (tertiary/aromatic N) is 3. The summed E-state index contributed by atoms with van der Waals surface area (Å²) in [6.07, 6.45) is 1.79. The van der Waals surface area contributed by atoms with Gasteiger partial charge >= 0.3 is 0 Å². The molecule has 24 heavy (non-hydrogen) atoms. The van der Waals surface area contributed by atoms with Crippen LogP contribution in [0.1, 0.15) is 0 Å². The molecule has 0 saturated carbocycles. The van der Waals surface area contributed by atoms with E-state index < -0.39 is 0 Å². The minimum absolute atomic E-state index is 0.772. The van der Waals surface area contributed by atoms with Crippen LogP contribution in [0, 0.1) is 0 Å². The van der Waals surface area contributed by atoms with E-state index in [0.717, 1.165) is 27.6 Å². The van der Waals surface area contributed by atoms with Crippen LogP contribution >= 0.6 is 11.3 Å². The monoisotopic (exact) mass is 327 g/mol. The van der Waals surface area contributed by atoms with Crippen molar-refractivity contribution in [2.45, 2.75) is 0 Å². The molecule has 114 valence electrons. The zero-order valence-electron chi connectivity index (χ0n) is 12.8. The van der Waals surface area contributed by atoms with E-state index >= 15 is 0 Å². The molecule has 5 rings (SSSR count). The third-order valence-corrected chi connectivity index (χ3v) is 5.20. The van der Waals surface area contributed by atoms with Gasteiger partial charge in [-0.1, -0.05) is 36.4 Å². The number of benzene rings is 2. The third-order valence-electron chi connectivity index (χ3n) is 4.09. The summed E-state index contributed by atoms with van der Waals surface area (Å²) in [7, 11) is 0. The molecule has 0 saturated heterocycles. The Morgan fingerprint density at radius 2 is 1.67 bits per heavy atom. The molecule has 0 spiro atoms. The van der Waals surface area contributed by atoms with Crippen LogP contribution in [-0.2, 0) is 0 Å². The lowest BCUT2D eigenvalue weighted by molar-refractivity contribution is 1.11. The lowest BCUT2D eigenvalue weighted by atomic mass is 10.2. The molecule has 3 aromatic heterocycles. The van der Waals surface area contributed by atoms with Crippen molar-refractivity contribution in [3.63, 3.8) is 0 Å². The summed E-state index contributed by atoms with van der Waals surface area (Å²) in [5.41, 5.74) is 2.89. The van der Waals surface area contributed by atoms with Crippen molar-refractivity contribution in [2.24, 2.45) is 0 Å². The molecule has 0 atom stereocenters. The molecule has 0 aliphatic carbocycles. The van der Waals surface area contributed by atoms with Gasteiger partial charge in [0.15, 0.2) is 11.5 Å². The average molecular weight is 327 g/mol. The van der Waals surface area contributed by atoms with Gasteiger partial charge in [0.25, 0.3) is 0 Å². The van der Waals surface area contributed by atoms with Gasteiger partial charge in [-0.2, -0.15) is 0 Å². The number of hydrogen-bond donors (Lipinski definition) is 0. The zero-order valence-corrected chi connectivity index (χ0v) is 13.6. The number of imidazole rings is 1. The number of para-hydroxylation sites is 1. The predicted octanol–water partition coefficient (Wildman–Crippen LogP) is 5.30. The first-order chi connectivity index (χ1) is 11.9. The van der Waals surface area contributed by atoms with E-state index in [0.29, 0.717) is 0 Å². The summed E-state index contributed by atoms with van der Waals surface area (Å²) in [6, 6.07) is 25.0. The second-order valence-electron chi connectivity index (χ2n) is 5.60. The fourth-order valence-electron chi connectivity index (χ4n) is 3.01. The highest BCUT2D eigenvalue weighted by Gasteiger charge is 2.16. The smallest absolute Gasteiger partial charge is 0.178 e. The molecular weight excluding hydrogens is 314 g/mol. The molecule has 0 unspecified atom stereocenters. The van der Waals surface area contributed by atoms with Crippen LogP contribution in [0.25, 0.3) is 37.6 Å². The lowest BCUT2D eigenvalue weighted by Crippen LogP contribution is -1.95. The summed E-state index contributed by atoms with van der Waals surface area (Å²) in [5.74, 6) is 0.941. The lowest BCUT2D eigenvalue weighted by Gasteiger charge is -2.07. The van der Waals surface area contributed by atoms with Crippen molar-refractivity contribution in [1.82, 2.24) is 14.5 Å². The van der Waals surface area contributed by atoms with Gasteiger partial charge in [0.1, 0.15) is 0 Å². The Kier molecular flexibility index (Phi) is 2.96. The summed E-state index contributed by atoms with van der Waals surface area (Å²) in [4.78, 5) is 10.4. The normalized spacial score (nSPS) is 11.3. The molecule has 0 bridgehead atoms. The highest BCUT2D eigenvalue weighted by Crippen LogP contribution is 2.35. The second-order valence-corrected chi connectivity index (χ2v) is 6.68. The van der Waals surface area contributed by atoms with Crippen LogP contribution in [-0.4, -0.2) is 14.5 Å². The van der Waals surface area contributed by atoms with E-state index in [-0.39, 0.29) is 0 Å². The van der Waals surface area contributed by atoms with Gasteiger partial charge in [0.2, 0.25) is 0 Å². The van der Waals surface area contributed by atoms with Gasteiger partial charge in [-0.15, -0.1) is 11.3 Å². The van der Waals surface area contributed by atoms with E-state index in [1.165, 1.54) is 10.1 Å². The molecule has 2 aromatic carbocycles. The largest absolute Gasteiger partial charge is 0.290 e. The quantitative estimate of drug-likeness (QED) is 0.440. The first-order valence-corrected chi connectivity index (χ1v) is 8.60. The Hall–Kier alpha value is -2.98. The molecule has 4 heteroatoms. The van der Waals surface area contributed by atoms with Crippen LogP contribution in [0.5, 0.6) is 0 Å². The van der Waals surface area contributed by atoms with Gasteiger partial charge in [0, 0.05) is 16.6 Å². The molecule has 5 aromatic rings. The molecule has 0 radical (unpaired) electrons. The van der Waals surface area contributed by atoms with Gasteiger partial charge in [-0.25, -0.2) is 9.97 Å². The molecule has 0 N–H and O–H groups in total. The van der Waals surface area contributed by atoms with Crippen LogP contribution in [0.4, 0.5) is 0 Å². The summed E-state index contributed by atoms with van der Waals surface area (Å²) in [6.45, 7) is 0. The van der Waals surface area contributed by atoms with Crippen LogP contribution in [0.3, 0.4) is 0 Å². The van der Waals surface area contributed by atoms with Gasteiger partial charge < -0.3 is 0 Å². The van der Waals surface area contributed by atoms with Crippen molar-refractivity contribution in [1.29, 1.82) is 0 Å². The van der Waals surface area contributed by atoms with Crippen LogP contribution < -0.4 is 0 Å². The average Bonchev–Trinajstić information content (AvgIpc) is 3.23. The third kappa shape index (κ3) is 2.04. The maximum absolute atomic E-state index is 4.82. The Balaban J connectivity index is 1.85. The summed E-state index contributed by atoms with van der Waals surface area (Å²) < 4.78 is 3.46. The first-order valence-electron chi connectivity index (χ1n) is 7.78. The molecule has 3 nitrogen and oxygen atoms in total. The van der Waals surface area contributed by atoms with Crippen LogP contribution in [0.15, 0.2) is 79.0 Å². The number of rotatable bonds is 2.